The standard InChI is InChI=1S/C8H16O2/c1-2-3-4-5-6-7-8-10-9/h6-7,9H,2-5,8H2,1H3. The van der Waals surface area contributed by atoms with Gasteiger partial charge in [-0.2, -0.15) is 0 Å². The first-order valence-corrected chi connectivity index (χ1v) is 3.83. The Hall–Kier alpha value is -0.340. The van der Waals surface area contributed by atoms with E-state index in [0.717, 1.165) is 6.42 Å². The first kappa shape index (κ1) is 9.66. The van der Waals surface area contributed by atoms with Gasteiger partial charge in [0.2, 0.25) is 0 Å². The van der Waals surface area contributed by atoms with Gasteiger partial charge in [-0.15, -0.1) is 0 Å². The van der Waals surface area contributed by atoms with Crippen molar-refractivity contribution in [3.05, 3.63) is 12.2 Å². The van der Waals surface area contributed by atoms with Gasteiger partial charge in [-0.05, 0) is 12.8 Å². The highest BCUT2D eigenvalue weighted by Gasteiger charge is 1.80. The summed E-state index contributed by atoms with van der Waals surface area (Å²) >= 11 is 0. The summed E-state index contributed by atoms with van der Waals surface area (Å²) in [5, 5.41) is 7.92. The third-order valence-corrected chi connectivity index (χ3v) is 1.31. The molecule has 2 nitrogen and oxygen atoms in total. The molecule has 0 unspecified atom stereocenters. The highest BCUT2D eigenvalue weighted by molar-refractivity contribution is 4.80. The SMILES string of the molecule is CCCCCC=CCOO. The summed E-state index contributed by atoms with van der Waals surface area (Å²) in [5.41, 5.74) is 0. The molecule has 0 rings (SSSR count). The third kappa shape index (κ3) is 7.66. The minimum Gasteiger partial charge on any atom is -0.252 e. The van der Waals surface area contributed by atoms with Gasteiger partial charge in [0, 0.05) is 0 Å². The molecule has 1 N–H and O–H groups in total. The van der Waals surface area contributed by atoms with Crippen molar-refractivity contribution in [3.63, 3.8) is 0 Å². The Balaban J connectivity index is 2.88. The summed E-state index contributed by atoms with van der Waals surface area (Å²) in [7, 11) is 0. The van der Waals surface area contributed by atoms with Gasteiger partial charge in [0.1, 0.15) is 6.61 Å². The number of hydrogen-bond acceptors (Lipinski definition) is 2. The molecule has 0 aliphatic heterocycles. The minimum absolute atomic E-state index is 0.312. The second-order valence-electron chi connectivity index (χ2n) is 2.26. The van der Waals surface area contributed by atoms with Crippen LogP contribution in [0.5, 0.6) is 0 Å². The van der Waals surface area contributed by atoms with Crippen LogP contribution in [0.2, 0.25) is 0 Å². The van der Waals surface area contributed by atoms with E-state index >= 15 is 0 Å². The Morgan fingerprint density at radius 3 is 2.70 bits per heavy atom. The maximum Gasteiger partial charge on any atom is 0.100 e. The van der Waals surface area contributed by atoms with Crippen LogP contribution >= 0.6 is 0 Å². The second kappa shape index (κ2) is 8.66. The predicted molar refractivity (Wildman–Crippen MR) is 41.9 cm³/mol. The summed E-state index contributed by atoms with van der Waals surface area (Å²) in [6.45, 7) is 2.49. The summed E-state index contributed by atoms with van der Waals surface area (Å²) in [6.07, 6.45) is 8.73. The van der Waals surface area contributed by atoms with E-state index in [-0.39, 0.29) is 0 Å². The molecule has 0 bridgehead atoms. The van der Waals surface area contributed by atoms with Crippen molar-refractivity contribution in [3.8, 4) is 0 Å². The number of rotatable bonds is 6. The molecule has 0 fully saturated rings. The lowest BCUT2D eigenvalue weighted by Crippen LogP contribution is -1.81. The molecule has 10 heavy (non-hydrogen) atoms. The number of allylic oxidation sites excluding steroid dienone is 1. The molecule has 0 radical (unpaired) electrons. The number of hydrogen-bond donors (Lipinski definition) is 1. The van der Waals surface area contributed by atoms with Crippen LogP contribution in [-0.4, -0.2) is 11.9 Å². The van der Waals surface area contributed by atoms with E-state index in [1.807, 2.05) is 12.2 Å². The highest BCUT2D eigenvalue weighted by atomic mass is 17.1. The normalized spacial score (nSPS) is 11.0. The fourth-order valence-corrected chi connectivity index (χ4v) is 0.741. The van der Waals surface area contributed by atoms with E-state index in [9.17, 15) is 0 Å². The van der Waals surface area contributed by atoms with E-state index in [2.05, 4.69) is 11.8 Å². The van der Waals surface area contributed by atoms with Crippen molar-refractivity contribution in [2.24, 2.45) is 0 Å². The molecule has 0 aromatic rings. The van der Waals surface area contributed by atoms with E-state index in [0.29, 0.717) is 6.61 Å². The van der Waals surface area contributed by atoms with Crippen molar-refractivity contribution in [1.29, 1.82) is 0 Å². The van der Waals surface area contributed by atoms with Crippen LogP contribution < -0.4 is 0 Å². The van der Waals surface area contributed by atoms with E-state index < -0.39 is 0 Å². The van der Waals surface area contributed by atoms with Crippen molar-refractivity contribution < 1.29 is 10.1 Å². The van der Waals surface area contributed by atoms with Crippen molar-refractivity contribution in [1.82, 2.24) is 0 Å². The molecule has 0 aliphatic carbocycles. The van der Waals surface area contributed by atoms with Crippen LogP contribution in [-0.2, 0) is 4.89 Å². The molecular formula is C8H16O2. The van der Waals surface area contributed by atoms with Crippen LogP contribution in [0.15, 0.2) is 12.2 Å². The molecule has 0 aromatic heterocycles. The van der Waals surface area contributed by atoms with Gasteiger partial charge in [-0.3, -0.25) is 5.26 Å². The summed E-state index contributed by atoms with van der Waals surface area (Å²) in [4.78, 5) is 3.86. The quantitative estimate of drug-likeness (QED) is 0.269. The van der Waals surface area contributed by atoms with E-state index in [4.69, 9.17) is 5.26 Å². The second-order valence-corrected chi connectivity index (χ2v) is 2.26. The van der Waals surface area contributed by atoms with Gasteiger partial charge in [0.25, 0.3) is 0 Å². The maximum absolute atomic E-state index is 7.92. The first-order valence-electron chi connectivity index (χ1n) is 3.83. The fourth-order valence-electron chi connectivity index (χ4n) is 0.741. The third-order valence-electron chi connectivity index (χ3n) is 1.31. The van der Waals surface area contributed by atoms with Gasteiger partial charge in [0.05, 0.1) is 0 Å². The smallest absolute Gasteiger partial charge is 0.100 e. The Morgan fingerprint density at radius 1 is 1.30 bits per heavy atom. The maximum atomic E-state index is 7.92. The first-order chi connectivity index (χ1) is 4.91. The van der Waals surface area contributed by atoms with Crippen molar-refractivity contribution in [2.75, 3.05) is 6.61 Å². The van der Waals surface area contributed by atoms with E-state index in [1.165, 1.54) is 19.3 Å². The molecule has 60 valence electrons. The molecule has 0 aliphatic rings. The van der Waals surface area contributed by atoms with E-state index in [1.54, 1.807) is 0 Å². The Bertz CT molecular complexity index is 79.3. The highest BCUT2D eigenvalue weighted by Crippen LogP contribution is 1.98. The van der Waals surface area contributed by atoms with Crippen LogP contribution in [0.3, 0.4) is 0 Å². The molecule has 2 heteroatoms. The lowest BCUT2D eigenvalue weighted by molar-refractivity contribution is -0.231. The van der Waals surface area contributed by atoms with Crippen molar-refractivity contribution in [2.45, 2.75) is 32.6 Å². The molecule has 0 saturated carbocycles. The van der Waals surface area contributed by atoms with Crippen LogP contribution in [0.1, 0.15) is 32.6 Å². The fraction of sp³-hybridized carbons (Fsp3) is 0.750. The van der Waals surface area contributed by atoms with Crippen LogP contribution in [0.25, 0.3) is 0 Å². The van der Waals surface area contributed by atoms with Crippen LogP contribution in [0, 0.1) is 0 Å². The van der Waals surface area contributed by atoms with Gasteiger partial charge in [-0.1, -0.05) is 31.9 Å². The zero-order valence-corrected chi connectivity index (χ0v) is 6.55. The average molecular weight is 144 g/mol. The molecule has 0 saturated heterocycles. The van der Waals surface area contributed by atoms with Crippen molar-refractivity contribution >= 4 is 0 Å². The Morgan fingerprint density at radius 2 is 2.10 bits per heavy atom. The molecule has 0 heterocycles. The topological polar surface area (TPSA) is 29.5 Å². The van der Waals surface area contributed by atoms with Gasteiger partial charge >= 0.3 is 0 Å². The zero-order chi connectivity index (χ0) is 7.66. The molecule has 0 spiro atoms. The minimum atomic E-state index is 0.312. The average Bonchev–Trinajstić information content (AvgIpc) is 1.97. The molecule has 0 atom stereocenters. The summed E-state index contributed by atoms with van der Waals surface area (Å²) < 4.78 is 0. The Kier molecular flexibility index (Phi) is 8.37. The lowest BCUT2D eigenvalue weighted by atomic mass is 10.2. The number of unbranched alkanes of at least 4 members (excludes halogenated alkanes) is 3. The predicted octanol–water partition coefficient (Wildman–Crippen LogP) is 2.61. The molecular weight excluding hydrogens is 128 g/mol. The largest absolute Gasteiger partial charge is 0.252 e. The van der Waals surface area contributed by atoms with Gasteiger partial charge in [0.15, 0.2) is 0 Å². The monoisotopic (exact) mass is 144 g/mol. The Labute approximate surface area is 62.4 Å². The molecule has 0 aromatic carbocycles. The summed E-state index contributed by atoms with van der Waals surface area (Å²) in [5.74, 6) is 0. The zero-order valence-electron chi connectivity index (χ0n) is 6.55. The molecule has 0 amide bonds. The van der Waals surface area contributed by atoms with Gasteiger partial charge < -0.3 is 0 Å². The summed E-state index contributed by atoms with van der Waals surface area (Å²) in [6, 6.07) is 0. The van der Waals surface area contributed by atoms with Crippen LogP contribution in [0.4, 0.5) is 0 Å². The van der Waals surface area contributed by atoms with Gasteiger partial charge in [-0.25, -0.2) is 4.89 Å². The lowest BCUT2D eigenvalue weighted by Gasteiger charge is -1.90.